The predicted molar refractivity (Wildman–Crippen MR) is 168 cm³/mol. The fourth-order valence-corrected chi connectivity index (χ4v) is 11.1. The highest BCUT2D eigenvalue weighted by Gasteiger charge is 2.88. The standard InChI is InChI=1S/C31H61NO3Si3/c1-26(2,3)36(11,12)33-21-23-30(22-32)20-25(35-38(15,16)28(7,8)9)31(23)24(18-17-19-29(30,31)10)34-37(13,14)27(4,5)6/h23-25H,17-21H2,1-16H3/t23?,24-,25+,29+,30+,31+/m1/s1. The van der Waals surface area contributed by atoms with Crippen molar-refractivity contribution in [2.45, 2.75) is 162 Å². The fourth-order valence-electron chi connectivity index (χ4n) is 7.40. The van der Waals surface area contributed by atoms with Crippen LogP contribution in [-0.4, -0.2) is 43.8 Å². The summed E-state index contributed by atoms with van der Waals surface area (Å²) >= 11 is 0. The van der Waals surface area contributed by atoms with E-state index in [1.54, 1.807) is 0 Å². The highest BCUT2D eigenvalue weighted by molar-refractivity contribution is 6.75. The molecule has 4 aliphatic carbocycles. The van der Waals surface area contributed by atoms with E-state index in [4.69, 9.17) is 13.3 Å². The average Bonchev–Trinajstić information content (AvgIpc) is 3.11. The van der Waals surface area contributed by atoms with Crippen LogP contribution in [0.5, 0.6) is 0 Å². The Morgan fingerprint density at radius 2 is 1.21 bits per heavy atom. The average molecular weight is 580 g/mol. The van der Waals surface area contributed by atoms with E-state index in [9.17, 15) is 5.26 Å². The second-order valence-corrected chi connectivity index (χ2v) is 32.1. The van der Waals surface area contributed by atoms with Gasteiger partial charge in [0.15, 0.2) is 25.0 Å². The first kappa shape index (κ1) is 32.5. The second-order valence-electron chi connectivity index (χ2n) is 17.8. The molecule has 0 saturated heterocycles. The van der Waals surface area contributed by atoms with Gasteiger partial charge in [0, 0.05) is 17.9 Å². The van der Waals surface area contributed by atoms with Crippen LogP contribution in [0.25, 0.3) is 0 Å². The summed E-state index contributed by atoms with van der Waals surface area (Å²) in [5.41, 5.74) is -0.680. The fraction of sp³-hybridized carbons (Fsp3) is 0.968. The van der Waals surface area contributed by atoms with Gasteiger partial charge in [0.05, 0.1) is 23.7 Å². The molecule has 1 spiro atoms. The number of fused-ring (bicyclic) bond motifs is 1. The largest absolute Gasteiger partial charge is 0.416 e. The van der Waals surface area contributed by atoms with Gasteiger partial charge in [0.2, 0.25) is 0 Å². The first-order chi connectivity index (χ1) is 16.8. The van der Waals surface area contributed by atoms with Crippen LogP contribution in [0.2, 0.25) is 54.4 Å². The molecule has 4 saturated carbocycles. The third-order valence-corrected chi connectivity index (χ3v) is 26.4. The Hall–Kier alpha value is 0.0206. The number of nitrogens with zero attached hydrogens (tertiary/aromatic N) is 1. The first-order valence-corrected chi connectivity index (χ1v) is 23.9. The smallest absolute Gasteiger partial charge is 0.192 e. The molecule has 0 aliphatic heterocycles. The molecule has 0 amide bonds. The molecule has 4 nitrogen and oxygen atoms in total. The van der Waals surface area contributed by atoms with Gasteiger partial charge < -0.3 is 13.3 Å². The lowest BCUT2D eigenvalue weighted by Crippen LogP contribution is -2.75. The van der Waals surface area contributed by atoms with E-state index in [0.29, 0.717) is 6.61 Å². The van der Waals surface area contributed by atoms with Crippen LogP contribution in [0.1, 0.15) is 94.9 Å². The molecule has 0 heterocycles. The summed E-state index contributed by atoms with van der Waals surface area (Å²) in [7, 11) is -6.10. The van der Waals surface area contributed by atoms with Crippen molar-refractivity contribution < 1.29 is 13.3 Å². The van der Waals surface area contributed by atoms with Crippen molar-refractivity contribution >= 4 is 25.0 Å². The van der Waals surface area contributed by atoms with E-state index < -0.39 is 30.4 Å². The molecule has 2 bridgehead atoms. The van der Waals surface area contributed by atoms with Gasteiger partial charge in [-0.05, 0) is 79.1 Å². The molecule has 4 aliphatic rings. The summed E-state index contributed by atoms with van der Waals surface area (Å²) in [5, 5.41) is 11.4. The summed E-state index contributed by atoms with van der Waals surface area (Å²) in [6, 6.07) is 2.96. The SMILES string of the molecule is CC(C)(C)[Si](C)(C)OCC1[C@]23[C@@H](O[Si](C)(C)C(C)(C)C)C[C@@]1(C#N)[C@]2(C)CCC[C@H]3O[Si](C)(C)C(C)(C)C. The molecule has 0 radical (unpaired) electrons. The lowest BCUT2D eigenvalue weighted by Gasteiger charge is -2.72. The van der Waals surface area contributed by atoms with Crippen LogP contribution >= 0.6 is 0 Å². The first-order valence-electron chi connectivity index (χ1n) is 15.2. The lowest BCUT2D eigenvalue weighted by molar-refractivity contribution is -0.277. The van der Waals surface area contributed by atoms with Crippen LogP contribution in [-0.2, 0) is 13.3 Å². The van der Waals surface area contributed by atoms with Crippen molar-refractivity contribution in [2.24, 2.45) is 22.2 Å². The monoisotopic (exact) mass is 579 g/mol. The van der Waals surface area contributed by atoms with E-state index in [1.807, 2.05) is 0 Å². The summed E-state index contributed by atoms with van der Waals surface area (Å²) in [6.45, 7) is 38.3. The van der Waals surface area contributed by atoms with Crippen molar-refractivity contribution in [3.63, 3.8) is 0 Å². The van der Waals surface area contributed by atoms with Crippen LogP contribution in [0, 0.1) is 33.5 Å². The zero-order valence-corrected chi connectivity index (χ0v) is 30.9. The lowest BCUT2D eigenvalue weighted by atomic mass is 9.32. The molecule has 1 unspecified atom stereocenters. The Balaban J connectivity index is 2.16. The Kier molecular flexibility index (Phi) is 7.93. The summed E-state index contributed by atoms with van der Waals surface area (Å²) in [6.07, 6.45) is 4.28. The Bertz CT molecular complexity index is 951. The van der Waals surface area contributed by atoms with Crippen molar-refractivity contribution in [2.75, 3.05) is 6.61 Å². The minimum Gasteiger partial charge on any atom is -0.416 e. The van der Waals surface area contributed by atoms with Crippen LogP contribution in [0.4, 0.5) is 0 Å². The molecule has 4 rings (SSSR count). The highest BCUT2D eigenvalue weighted by atomic mass is 28.4. The molecule has 0 N–H and O–H groups in total. The molecular weight excluding hydrogens is 519 g/mol. The van der Waals surface area contributed by atoms with Gasteiger partial charge in [-0.1, -0.05) is 75.7 Å². The molecule has 4 fully saturated rings. The molecule has 220 valence electrons. The Morgan fingerprint density at radius 1 is 0.763 bits per heavy atom. The van der Waals surface area contributed by atoms with Gasteiger partial charge in [0.25, 0.3) is 0 Å². The molecule has 38 heavy (non-hydrogen) atoms. The molecule has 0 aromatic rings. The molecular formula is C31H61NO3Si3. The van der Waals surface area contributed by atoms with Gasteiger partial charge in [0.1, 0.15) is 0 Å². The summed E-state index contributed by atoms with van der Waals surface area (Å²) < 4.78 is 21.8. The molecule has 0 aromatic heterocycles. The Labute approximate surface area is 239 Å². The number of rotatable bonds is 7. The van der Waals surface area contributed by atoms with E-state index >= 15 is 0 Å². The molecule has 6 atom stereocenters. The van der Waals surface area contributed by atoms with Gasteiger partial charge in [-0.15, -0.1) is 0 Å². The normalized spacial score (nSPS) is 36.4. The van der Waals surface area contributed by atoms with Crippen molar-refractivity contribution in [3.8, 4) is 6.07 Å². The molecule has 7 heteroatoms. The minimum atomic E-state index is -2.07. The molecule has 0 aromatic carbocycles. The highest BCUT2D eigenvalue weighted by Crippen LogP contribution is 2.86. The predicted octanol–water partition coefficient (Wildman–Crippen LogP) is 9.51. The van der Waals surface area contributed by atoms with E-state index in [0.717, 1.165) is 25.7 Å². The zero-order chi connectivity index (χ0) is 29.6. The summed E-state index contributed by atoms with van der Waals surface area (Å²) in [4.78, 5) is 0. The van der Waals surface area contributed by atoms with E-state index in [1.165, 1.54) is 0 Å². The summed E-state index contributed by atoms with van der Waals surface area (Å²) in [5.74, 6) is 0.156. The maximum atomic E-state index is 11.0. The Morgan fingerprint density at radius 3 is 1.63 bits per heavy atom. The zero-order valence-electron chi connectivity index (χ0n) is 27.9. The van der Waals surface area contributed by atoms with Crippen LogP contribution < -0.4 is 0 Å². The second kappa shape index (κ2) is 9.26. The maximum absolute atomic E-state index is 11.0. The number of nitriles is 1. The van der Waals surface area contributed by atoms with Crippen LogP contribution in [0.3, 0.4) is 0 Å². The third-order valence-electron chi connectivity index (χ3n) is 12.9. The van der Waals surface area contributed by atoms with E-state index in [2.05, 4.69) is 115 Å². The van der Waals surface area contributed by atoms with Gasteiger partial charge in [-0.25, -0.2) is 0 Å². The number of hydrogen-bond acceptors (Lipinski definition) is 4. The van der Waals surface area contributed by atoms with Crippen molar-refractivity contribution in [1.29, 1.82) is 5.26 Å². The quantitative estimate of drug-likeness (QED) is 0.282. The van der Waals surface area contributed by atoms with Crippen LogP contribution in [0.15, 0.2) is 0 Å². The van der Waals surface area contributed by atoms with Gasteiger partial charge >= 0.3 is 0 Å². The maximum Gasteiger partial charge on any atom is 0.192 e. The minimum absolute atomic E-state index is 0.0520. The van der Waals surface area contributed by atoms with Gasteiger partial charge in [-0.3, -0.25) is 0 Å². The van der Waals surface area contributed by atoms with Gasteiger partial charge in [-0.2, -0.15) is 5.26 Å². The topological polar surface area (TPSA) is 51.5 Å². The number of hydrogen-bond donors (Lipinski definition) is 0. The van der Waals surface area contributed by atoms with Crippen molar-refractivity contribution in [3.05, 3.63) is 0 Å². The van der Waals surface area contributed by atoms with E-state index in [-0.39, 0.29) is 44.1 Å². The third kappa shape index (κ3) is 4.42. The van der Waals surface area contributed by atoms with Crippen molar-refractivity contribution in [1.82, 2.24) is 0 Å².